The van der Waals surface area contributed by atoms with Gasteiger partial charge < -0.3 is 37.3 Å². The van der Waals surface area contributed by atoms with Crippen molar-refractivity contribution in [2.75, 3.05) is 19.6 Å². The molecule has 1 amide bonds. The zero-order valence-corrected chi connectivity index (χ0v) is 12.2. The van der Waals surface area contributed by atoms with Gasteiger partial charge in [0.25, 0.3) is 5.91 Å². The van der Waals surface area contributed by atoms with E-state index in [4.69, 9.17) is 27.2 Å². The number of hydrogen-bond donors (Lipinski definition) is 6. The van der Waals surface area contributed by atoms with Gasteiger partial charge in [-0.3, -0.25) is 9.59 Å². The number of nitrogens with two attached hydrogens (primary N) is 3. The zero-order valence-electron chi connectivity index (χ0n) is 12.2. The highest BCUT2D eigenvalue weighted by Crippen LogP contribution is 2.30. The summed E-state index contributed by atoms with van der Waals surface area (Å²) in [7, 11) is -1.44. The van der Waals surface area contributed by atoms with Crippen LogP contribution in [0.1, 0.15) is 12.8 Å². The first-order chi connectivity index (χ1) is 10.2. The van der Waals surface area contributed by atoms with Crippen LogP contribution in [0.2, 0.25) is 6.32 Å². The molecule has 124 valence electrons. The van der Waals surface area contributed by atoms with Gasteiger partial charge in [0.15, 0.2) is 5.96 Å². The van der Waals surface area contributed by atoms with E-state index < -0.39 is 30.5 Å². The van der Waals surface area contributed by atoms with Crippen molar-refractivity contribution in [2.24, 2.45) is 28.1 Å². The summed E-state index contributed by atoms with van der Waals surface area (Å²) in [6, 6.07) is 0. The Bertz CT molecular complexity index is 460. The number of carboxylic acids is 1. The highest BCUT2D eigenvalue weighted by atomic mass is 16.4. The quantitative estimate of drug-likeness (QED) is 0.166. The summed E-state index contributed by atoms with van der Waals surface area (Å²) >= 11 is 0. The van der Waals surface area contributed by atoms with Crippen molar-refractivity contribution >= 4 is 25.0 Å². The summed E-state index contributed by atoms with van der Waals surface area (Å²) in [6.45, 7) is -0.154. The van der Waals surface area contributed by atoms with Crippen LogP contribution in [0.3, 0.4) is 0 Å². The van der Waals surface area contributed by atoms with Gasteiger partial charge in [0, 0.05) is 19.0 Å². The SMILES string of the molecule is NCC(=O)N=C(N)N1C[C@@H](CCCB(O)O)[C@@](N)(C(=O)O)C1. The lowest BCUT2D eigenvalue weighted by Crippen LogP contribution is -2.55. The Balaban J connectivity index is 2.81. The van der Waals surface area contributed by atoms with Gasteiger partial charge in [-0.2, -0.15) is 4.99 Å². The molecule has 0 spiro atoms. The Kier molecular flexibility index (Phi) is 6.29. The van der Waals surface area contributed by atoms with Crippen LogP contribution in [0.15, 0.2) is 4.99 Å². The third-order valence-corrected chi connectivity index (χ3v) is 3.77. The highest BCUT2D eigenvalue weighted by molar-refractivity contribution is 6.40. The van der Waals surface area contributed by atoms with Crippen LogP contribution in [0.5, 0.6) is 0 Å². The van der Waals surface area contributed by atoms with Gasteiger partial charge in [-0.15, -0.1) is 0 Å². The van der Waals surface area contributed by atoms with E-state index in [1.807, 2.05) is 0 Å². The topological polar surface area (TPSA) is 188 Å². The Morgan fingerprint density at radius 3 is 2.55 bits per heavy atom. The molecule has 0 aliphatic carbocycles. The number of guanidine groups is 1. The fourth-order valence-corrected chi connectivity index (χ4v) is 2.49. The number of amides is 1. The number of aliphatic imine (C=N–C) groups is 1. The molecule has 1 rings (SSSR count). The smallest absolute Gasteiger partial charge is 0.451 e. The largest absolute Gasteiger partial charge is 0.480 e. The average molecular weight is 315 g/mol. The van der Waals surface area contributed by atoms with E-state index in [0.717, 1.165) is 0 Å². The van der Waals surface area contributed by atoms with Crippen LogP contribution >= 0.6 is 0 Å². The molecular formula is C11H22BN5O5. The molecule has 22 heavy (non-hydrogen) atoms. The second-order valence-electron chi connectivity index (χ2n) is 5.40. The van der Waals surface area contributed by atoms with Crippen LogP contribution < -0.4 is 17.2 Å². The van der Waals surface area contributed by atoms with E-state index in [2.05, 4.69) is 4.99 Å². The summed E-state index contributed by atoms with van der Waals surface area (Å²) in [6.07, 6.45) is 0.914. The first-order valence-corrected chi connectivity index (χ1v) is 6.91. The second kappa shape index (κ2) is 7.54. The summed E-state index contributed by atoms with van der Waals surface area (Å²) in [5.74, 6) is -2.36. The monoisotopic (exact) mass is 315 g/mol. The highest BCUT2D eigenvalue weighted by Gasteiger charge is 2.49. The summed E-state index contributed by atoms with van der Waals surface area (Å²) in [5, 5.41) is 27.0. The number of nitrogens with zero attached hydrogens (tertiary/aromatic N) is 2. The number of carbonyl (C=O) groups excluding carboxylic acids is 1. The van der Waals surface area contributed by atoms with E-state index in [1.165, 1.54) is 4.90 Å². The predicted molar refractivity (Wildman–Crippen MR) is 79.5 cm³/mol. The van der Waals surface area contributed by atoms with E-state index >= 15 is 0 Å². The number of hydrogen-bond acceptors (Lipinski definition) is 6. The molecule has 2 atom stereocenters. The van der Waals surface area contributed by atoms with Crippen LogP contribution in [0, 0.1) is 5.92 Å². The lowest BCUT2D eigenvalue weighted by Gasteiger charge is -2.25. The Morgan fingerprint density at radius 2 is 2.05 bits per heavy atom. The Hall–Kier alpha value is -1.69. The molecule has 0 unspecified atom stereocenters. The summed E-state index contributed by atoms with van der Waals surface area (Å²) in [4.78, 5) is 27.6. The van der Waals surface area contributed by atoms with Gasteiger partial charge >= 0.3 is 13.1 Å². The normalized spacial score (nSPS) is 25.4. The molecule has 1 fully saturated rings. The zero-order chi connectivity index (χ0) is 16.9. The molecule has 11 heteroatoms. The molecule has 0 aromatic heterocycles. The van der Waals surface area contributed by atoms with Crippen LogP contribution in [-0.4, -0.2) is 70.2 Å². The molecule has 1 aliphatic heterocycles. The minimum atomic E-state index is -1.54. The van der Waals surface area contributed by atoms with Gasteiger partial charge in [0.1, 0.15) is 5.54 Å². The van der Waals surface area contributed by atoms with Crippen molar-refractivity contribution in [3.05, 3.63) is 0 Å². The molecule has 1 saturated heterocycles. The minimum absolute atomic E-state index is 0.0815. The summed E-state index contributed by atoms with van der Waals surface area (Å²) in [5.41, 5.74) is 15.3. The van der Waals surface area contributed by atoms with Crippen molar-refractivity contribution in [1.82, 2.24) is 4.90 Å². The maximum Gasteiger partial charge on any atom is 0.451 e. The first kappa shape index (κ1) is 18.4. The van der Waals surface area contributed by atoms with Gasteiger partial charge in [-0.1, -0.05) is 6.42 Å². The third kappa shape index (κ3) is 4.40. The molecule has 0 radical (unpaired) electrons. The van der Waals surface area contributed by atoms with Gasteiger partial charge in [-0.25, -0.2) is 0 Å². The molecule has 0 bridgehead atoms. The van der Waals surface area contributed by atoms with Crippen molar-refractivity contribution in [1.29, 1.82) is 0 Å². The lowest BCUT2D eigenvalue weighted by molar-refractivity contribution is -0.144. The van der Waals surface area contributed by atoms with Crippen molar-refractivity contribution < 1.29 is 24.7 Å². The van der Waals surface area contributed by atoms with Crippen molar-refractivity contribution in [3.63, 3.8) is 0 Å². The maximum absolute atomic E-state index is 11.5. The Morgan fingerprint density at radius 1 is 1.41 bits per heavy atom. The lowest BCUT2D eigenvalue weighted by atomic mass is 9.78. The number of carbonyl (C=O) groups is 2. The molecule has 1 heterocycles. The molecular weight excluding hydrogens is 293 g/mol. The van der Waals surface area contributed by atoms with Crippen LogP contribution in [0.25, 0.3) is 0 Å². The molecule has 0 aromatic carbocycles. The molecule has 0 saturated carbocycles. The Labute approximate surface area is 128 Å². The van der Waals surface area contributed by atoms with Gasteiger partial charge in [-0.05, 0) is 12.7 Å². The van der Waals surface area contributed by atoms with E-state index in [9.17, 15) is 14.7 Å². The average Bonchev–Trinajstić information content (AvgIpc) is 2.77. The van der Waals surface area contributed by atoms with Crippen LogP contribution in [0.4, 0.5) is 0 Å². The number of likely N-dealkylation sites (tertiary alicyclic amines) is 1. The van der Waals surface area contributed by atoms with Gasteiger partial charge in [0.05, 0.1) is 6.54 Å². The third-order valence-electron chi connectivity index (χ3n) is 3.77. The second-order valence-corrected chi connectivity index (χ2v) is 5.40. The molecule has 9 N–H and O–H groups in total. The summed E-state index contributed by atoms with van der Waals surface area (Å²) < 4.78 is 0. The standard InChI is InChI=1S/C11H22BN5O5/c13-4-8(18)16-10(14)17-5-7(2-1-3-12(21)22)11(15,6-17)9(19)20/h7,21-22H,1-6,13,15H2,(H,19,20)(H2,14,16,18)/t7-,11-/m1/s1. The maximum atomic E-state index is 11.5. The number of aliphatic carboxylic acids is 1. The fourth-order valence-electron chi connectivity index (χ4n) is 2.49. The van der Waals surface area contributed by atoms with Crippen molar-refractivity contribution in [3.8, 4) is 0 Å². The fraction of sp³-hybridized carbons (Fsp3) is 0.727. The van der Waals surface area contributed by atoms with Crippen molar-refractivity contribution in [2.45, 2.75) is 24.7 Å². The van der Waals surface area contributed by atoms with E-state index in [-0.39, 0.29) is 31.9 Å². The van der Waals surface area contributed by atoms with E-state index in [0.29, 0.717) is 12.8 Å². The van der Waals surface area contributed by atoms with Crippen LogP contribution in [-0.2, 0) is 9.59 Å². The predicted octanol–water partition coefficient (Wildman–Crippen LogP) is -3.25. The number of rotatable bonds is 6. The molecule has 1 aliphatic rings. The molecule has 0 aromatic rings. The van der Waals surface area contributed by atoms with Gasteiger partial charge in [0.2, 0.25) is 0 Å². The first-order valence-electron chi connectivity index (χ1n) is 6.91. The molecule has 10 nitrogen and oxygen atoms in total. The van der Waals surface area contributed by atoms with E-state index in [1.54, 1.807) is 0 Å². The minimum Gasteiger partial charge on any atom is -0.480 e. The number of carboxylic acid groups (broad SMARTS) is 1.